The predicted molar refractivity (Wildman–Crippen MR) is 81.6 cm³/mol. The monoisotopic (exact) mass is 333 g/mol. The van der Waals surface area contributed by atoms with Crippen LogP contribution in [0.5, 0.6) is 0 Å². The molecular weight excluding hydrogens is 318 g/mol. The largest absolute Gasteiger partial charge is 0.394 e. The fourth-order valence-electron chi connectivity index (χ4n) is 2.13. The van der Waals surface area contributed by atoms with Crippen molar-refractivity contribution in [2.24, 2.45) is 0 Å². The number of hydrogen-bond acceptors (Lipinski definition) is 4. The molecule has 0 radical (unpaired) electrons. The van der Waals surface area contributed by atoms with Crippen LogP contribution in [0.2, 0.25) is 0 Å². The van der Waals surface area contributed by atoms with Crippen LogP contribution in [0.1, 0.15) is 36.2 Å². The Hall–Kier alpha value is -1.46. The number of aliphatic hydroxyl groups excluding tert-OH is 1. The van der Waals surface area contributed by atoms with Crippen molar-refractivity contribution < 1.29 is 5.11 Å². The van der Waals surface area contributed by atoms with Gasteiger partial charge in [-0.15, -0.1) is 0 Å². The third-order valence-electron chi connectivity index (χ3n) is 3.36. The minimum atomic E-state index is -0.162. The van der Waals surface area contributed by atoms with Crippen LogP contribution < -0.4 is 5.32 Å². The van der Waals surface area contributed by atoms with E-state index in [1.54, 1.807) is 0 Å². The van der Waals surface area contributed by atoms with E-state index in [0.717, 1.165) is 34.7 Å². The standard InChI is InChI=1S/C15H16BrN3O/c16-13-8-14(19-15(18-13)11-6-7-11)17-12(9-20)10-4-2-1-3-5-10/h1-5,8,11-12,20H,6-7,9H2,(H,17,18,19). The molecule has 0 saturated heterocycles. The van der Waals surface area contributed by atoms with Gasteiger partial charge in [0.05, 0.1) is 12.6 Å². The smallest absolute Gasteiger partial charge is 0.135 e. The maximum atomic E-state index is 9.58. The van der Waals surface area contributed by atoms with Crippen LogP contribution in [0.15, 0.2) is 41.0 Å². The minimum absolute atomic E-state index is 0.0183. The second-order valence-electron chi connectivity index (χ2n) is 5.00. The van der Waals surface area contributed by atoms with Crippen LogP contribution in [0.3, 0.4) is 0 Å². The Morgan fingerprint density at radius 3 is 2.65 bits per heavy atom. The van der Waals surface area contributed by atoms with Crippen molar-refractivity contribution in [1.82, 2.24) is 9.97 Å². The number of nitrogens with one attached hydrogen (secondary N) is 1. The first kappa shape index (κ1) is 13.5. The molecule has 20 heavy (non-hydrogen) atoms. The molecule has 3 rings (SSSR count). The Morgan fingerprint density at radius 2 is 2.00 bits per heavy atom. The third-order valence-corrected chi connectivity index (χ3v) is 3.77. The molecule has 104 valence electrons. The molecule has 1 unspecified atom stereocenters. The molecular formula is C15H16BrN3O. The SMILES string of the molecule is OCC(Nc1cc(Br)nc(C2CC2)n1)c1ccccc1. The van der Waals surface area contributed by atoms with Crippen LogP contribution >= 0.6 is 15.9 Å². The Kier molecular flexibility index (Phi) is 3.98. The number of nitrogens with zero attached hydrogens (tertiary/aromatic N) is 2. The third kappa shape index (κ3) is 3.16. The number of aromatic nitrogens is 2. The lowest BCUT2D eigenvalue weighted by molar-refractivity contribution is 0.276. The maximum Gasteiger partial charge on any atom is 0.135 e. The molecule has 2 N–H and O–H groups in total. The van der Waals surface area contributed by atoms with Gasteiger partial charge < -0.3 is 10.4 Å². The van der Waals surface area contributed by atoms with Gasteiger partial charge in [0, 0.05) is 12.0 Å². The fourth-order valence-corrected chi connectivity index (χ4v) is 2.53. The van der Waals surface area contributed by atoms with E-state index < -0.39 is 0 Å². The molecule has 0 bridgehead atoms. The molecule has 1 aromatic heterocycles. The van der Waals surface area contributed by atoms with Crippen LogP contribution in [0.25, 0.3) is 0 Å². The molecule has 1 aromatic carbocycles. The van der Waals surface area contributed by atoms with Crippen LogP contribution in [-0.2, 0) is 0 Å². The van der Waals surface area contributed by atoms with Crippen molar-refractivity contribution in [1.29, 1.82) is 0 Å². The van der Waals surface area contributed by atoms with Crippen molar-refractivity contribution >= 4 is 21.7 Å². The molecule has 1 fully saturated rings. The number of aliphatic hydroxyl groups is 1. The van der Waals surface area contributed by atoms with Gasteiger partial charge in [-0.3, -0.25) is 0 Å². The van der Waals surface area contributed by atoms with Crippen LogP contribution in [0.4, 0.5) is 5.82 Å². The molecule has 1 heterocycles. The Morgan fingerprint density at radius 1 is 1.25 bits per heavy atom. The van der Waals surface area contributed by atoms with E-state index in [4.69, 9.17) is 0 Å². The van der Waals surface area contributed by atoms with E-state index in [1.807, 2.05) is 36.4 Å². The summed E-state index contributed by atoms with van der Waals surface area (Å²) in [6.07, 6.45) is 2.33. The van der Waals surface area contributed by atoms with Crippen molar-refractivity contribution in [3.05, 3.63) is 52.4 Å². The van der Waals surface area contributed by atoms with Gasteiger partial charge in [0.1, 0.15) is 16.2 Å². The number of benzene rings is 1. The Balaban J connectivity index is 1.82. The molecule has 1 aliphatic carbocycles. The summed E-state index contributed by atoms with van der Waals surface area (Å²) >= 11 is 3.42. The quantitative estimate of drug-likeness (QED) is 0.824. The van der Waals surface area contributed by atoms with E-state index in [2.05, 4.69) is 31.2 Å². The lowest BCUT2D eigenvalue weighted by atomic mass is 10.1. The molecule has 0 aliphatic heterocycles. The molecule has 0 amide bonds. The summed E-state index contributed by atoms with van der Waals surface area (Å²) in [7, 11) is 0. The summed E-state index contributed by atoms with van der Waals surface area (Å²) in [6.45, 7) is 0.0183. The van der Waals surface area contributed by atoms with E-state index >= 15 is 0 Å². The summed E-state index contributed by atoms with van der Waals surface area (Å²) < 4.78 is 0.779. The van der Waals surface area contributed by atoms with Gasteiger partial charge in [-0.1, -0.05) is 30.3 Å². The van der Waals surface area contributed by atoms with Crippen molar-refractivity contribution in [2.45, 2.75) is 24.8 Å². The first-order chi connectivity index (χ1) is 9.76. The van der Waals surface area contributed by atoms with Gasteiger partial charge in [-0.2, -0.15) is 0 Å². The number of hydrogen-bond donors (Lipinski definition) is 2. The predicted octanol–water partition coefficient (Wildman–Crippen LogP) is 3.26. The van der Waals surface area contributed by atoms with Gasteiger partial charge in [0.2, 0.25) is 0 Å². The number of halogens is 1. The van der Waals surface area contributed by atoms with E-state index in [1.165, 1.54) is 0 Å². The highest BCUT2D eigenvalue weighted by molar-refractivity contribution is 9.10. The van der Waals surface area contributed by atoms with E-state index in [9.17, 15) is 5.11 Å². The summed E-state index contributed by atoms with van der Waals surface area (Å²) in [4.78, 5) is 8.95. The molecule has 4 nitrogen and oxygen atoms in total. The summed E-state index contributed by atoms with van der Waals surface area (Å²) in [6, 6.07) is 11.6. The summed E-state index contributed by atoms with van der Waals surface area (Å²) in [5.74, 6) is 2.13. The average molecular weight is 334 g/mol. The lowest BCUT2D eigenvalue weighted by Crippen LogP contribution is -2.16. The zero-order valence-corrected chi connectivity index (χ0v) is 12.5. The van der Waals surface area contributed by atoms with Gasteiger partial charge in [-0.05, 0) is 34.3 Å². The molecule has 1 saturated carbocycles. The second kappa shape index (κ2) is 5.89. The highest BCUT2D eigenvalue weighted by Gasteiger charge is 2.27. The van der Waals surface area contributed by atoms with E-state index in [-0.39, 0.29) is 12.6 Å². The molecule has 1 aliphatic rings. The summed E-state index contributed by atoms with van der Waals surface area (Å²) in [5.41, 5.74) is 1.04. The van der Waals surface area contributed by atoms with Crippen LogP contribution in [-0.4, -0.2) is 21.7 Å². The maximum absolute atomic E-state index is 9.58. The van der Waals surface area contributed by atoms with Gasteiger partial charge in [-0.25, -0.2) is 9.97 Å². The average Bonchev–Trinajstić information content (AvgIpc) is 3.30. The van der Waals surface area contributed by atoms with Gasteiger partial charge >= 0.3 is 0 Å². The normalized spacial score (nSPS) is 15.9. The summed E-state index contributed by atoms with van der Waals surface area (Å²) in [5, 5.41) is 12.9. The zero-order chi connectivity index (χ0) is 13.9. The van der Waals surface area contributed by atoms with E-state index in [0.29, 0.717) is 5.92 Å². The fraction of sp³-hybridized carbons (Fsp3) is 0.333. The first-order valence-electron chi connectivity index (χ1n) is 6.73. The molecule has 0 spiro atoms. The molecule has 2 aromatic rings. The van der Waals surface area contributed by atoms with Gasteiger partial charge in [0.15, 0.2) is 0 Å². The van der Waals surface area contributed by atoms with Crippen LogP contribution in [0, 0.1) is 0 Å². The van der Waals surface area contributed by atoms with Gasteiger partial charge in [0.25, 0.3) is 0 Å². The highest BCUT2D eigenvalue weighted by Crippen LogP contribution is 2.39. The lowest BCUT2D eigenvalue weighted by Gasteiger charge is -2.17. The first-order valence-corrected chi connectivity index (χ1v) is 7.52. The highest BCUT2D eigenvalue weighted by atomic mass is 79.9. The second-order valence-corrected chi connectivity index (χ2v) is 5.81. The van der Waals surface area contributed by atoms with Crippen molar-refractivity contribution in [2.75, 3.05) is 11.9 Å². The zero-order valence-electron chi connectivity index (χ0n) is 11.0. The van der Waals surface area contributed by atoms with Crippen molar-refractivity contribution in [3.63, 3.8) is 0 Å². The molecule has 1 atom stereocenters. The molecule has 5 heteroatoms. The topological polar surface area (TPSA) is 58.0 Å². The Labute approximate surface area is 126 Å². The number of anilines is 1. The van der Waals surface area contributed by atoms with Crippen molar-refractivity contribution in [3.8, 4) is 0 Å². The Bertz CT molecular complexity index is 587. The number of rotatable bonds is 5. The minimum Gasteiger partial charge on any atom is -0.394 e.